The summed E-state index contributed by atoms with van der Waals surface area (Å²) in [6, 6.07) is 16.1. The molecule has 0 bridgehead atoms. The van der Waals surface area contributed by atoms with Crippen molar-refractivity contribution in [2.45, 2.75) is 38.5 Å². The molecule has 33 heavy (non-hydrogen) atoms. The fourth-order valence-corrected chi connectivity index (χ4v) is 4.92. The first kappa shape index (κ1) is 23.3. The Labute approximate surface area is 191 Å². The van der Waals surface area contributed by atoms with Crippen LogP contribution in [0.3, 0.4) is 0 Å². The van der Waals surface area contributed by atoms with Crippen LogP contribution >= 0.6 is 11.3 Å². The first-order chi connectivity index (χ1) is 15.4. The fourth-order valence-electron chi connectivity index (χ4n) is 3.99. The quantitative estimate of drug-likeness (QED) is 0.343. The number of aryl methyl sites for hydroxylation is 1. The van der Waals surface area contributed by atoms with Crippen LogP contribution in [-0.2, 0) is 0 Å². The second-order valence-corrected chi connectivity index (χ2v) is 9.21. The van der Waals surface area contributed by atoms with Gasteiger partial charge in [0.1, 0.15) is 5.01 Å². The van der Waals surface area contributed by atoms with Gasteiger partial charge in [-0.3, -0.25) is 0 Å². The Morgan fingerprint density at radius 3 is 1.88 bits per heavy atom. The number of benzene rings is 2. The Balaban J connectivity index is 2.08. The van der Waals surface area contributed by atoms with E-state index in [1.165, 1.54) is 45.0 Å². The monoisotopic (exact) mass is 479 g/mol. The molecule has 1 heterocycles. The smallest absolute Gasteiger partial charge is 0.236 e. The van der Waals surface area contributed by atoms with Gasteiger partial charge in [0.15, 0.2) is 0 Å². The van der Waals surface area contributed by atoms with E-state index in [-0.39, 0.29) is 26.6 Å². The highest BCUT2D eigenvalue weighted by molar-refractivity contribution is 7.15. The molecule has 1 nitrogen and oxygen atoms in total. The van der Waals surface area contributed by atoms with E-state index in [1.54, 1.807) is 36.4 Å². The molecule has 8 heteroatoms. The van der Waals surface area contributed by atoms with Crippen molar-refractivity contribution in [3.63, 3.8) is 0 Å². The maximum Gasteiger partial charge on any atom is 0.380 e. The van der Waals surface area contributed by atoms with Gasteiger partial charge in [0.2, 0.25) is 0 Å². The summed E-state index contributed by atoms with van der Waals surface area (Å²) in [6.45, 7) is 4.28. The zero-order valence-electron chi connectivity index (χ0n) is 17.9. The largest absolute Gasteiger partial charge is 0.380 e. The van der Waals surface area contributed by atoms with Crippen LogP contribution in [0.5, 0.6) is 0 Å². The van der Waals surface area contributed by atoms with Crippen LogP contribution in [0.25, 0.3) is 21.7 Å². The average Bonchev–Trinajstić information content (AvgIpc) is 3.18. The van der Waals surface area contributed by atoms with Crippen molar-refractivity contribution in [1.29, 1.82) is 0 Å². The van der Waals surface area contributed by atoms with Crippen molar-refractivity contribution in [2.24, 2.45) is 0 Å². The van der Waals surface area contributed by atoms with Crippen molar-refractivity contribution >= 4 is 22.5 Å². The van der Waals surface area contributed by atoms with Crippen LogP contribution in [0, 0.1) is 6.92 Å². The Morgan fingerprint density at radius 2 is 1.33 bits per heavy atom. The summed E-state index contributed by atoms with van der Waals surface area (Å²) >= 11 is 0.989. The molecule has 4 rings (SSSR count). The van der Waals surface area contributed by atoms with E-state index >= 15 is 17.6 Å². The highest BCUT2D eigenvalue weighted by Crippen LogP contribution is 2.65. The molecule has 0 saturated carbocycles. The van der Waals surface area contributed by atoms with Gasteiger partial charge in [-0.2, -0.15) is 26.3 Å². The summed E-state index contributed by atoms with van der Waals surface area (Å²) in [6.07, 6.45) is 0. The minimum atomic E-state index is -5.62. The standard InChI is InChI=1S/C25H19F6NS/c1-14(2)18(16-10-6-4-7-11-16)19-20(24(28,29)25(30,31)23(19,26)27)21-15(3)33-22(32-21)17-12-8-5-9-13-17/h4-13H,1-3H3. The van der Waals surface area contributed by atoms with Crippen LogP contribution in [0.2, 0.25) is 0 Å². The fraction of sp³-hybridized carbons (Fsp3) is 0.240. The molecule has 0 saturated heterocycles. The maximum absolute atomic E-state index is 15.2. The molecule has 3 aromatic rings. The summed E-state index contributed by atoms with van der Waals surface area (Å²) in [4.78, 5) is 4.31. The number of thiazole rings is 1. The van der Waals surface area contributed by atoms with E-state index in [4.69, 9.17) is 0 Å². The number of allylic oxidation sites excluding steroid dienone is 4. The molecule has 0 spiro atoms. The molecule has 0 aliphatic heterocycles. The van der Waals surface area contributed by atoms with Crippen LogP contribution in [-0.4, -0.2) is 22.8 Å². The molecular weight excluding hydrogens is 460 g/mol. The SMILES string of the molecule is CC(C)=C(C1=C(c2nc(-c3ccccc3)sc2C)C(F)(F)C(F)(F)C1(F)F)c1ccccc1. The molecule has 172 valence electrons. The van der Waals surface area contributed by atoms with Crippen molar-refractivity contribution in [3.05, 3.63) is 87.9 Å². The number of hydrogen-bond acceptors (Lipinski definition) is 2. The van der Waals surface area contributed by atoms with Gasteiger partial charge in [-0.05, 0) is 31.9 Å². The minimum Gasteiger partial charge on any atom is -0.236 e. The third-order valence-corrected chi connectivity index (χ3v) is 6.55. The van der Waals surface area contributed by atoms with Crippen LogP contribution in [0.4, 0.5) is 26.3 Å². The third-order valence-electron chi connectivity index (χ3n) is 5.53. The van der Waals surface area contributed by atoms with Crippen molar-refractivity contribution in [3.8, 4) is 10.6 Å². The number of halogens is 6. The number of hydrogen-bond donors (Lipinski definition) is 0. The predicted octanol–water partition coefficient (Wildman–Crippen LogP) is 8.29. The first-order valence-corrected chi connectivity index (χ1v) is 10.9. The normalized spacial score (nSPS) is 18.5. The zero-order chi connectivity index (χ0) is 24.2. The van der Waals surface area contributed by atoms with Gasteiger partial charge in [-0.1, -0.05) is 66.2 Å². The van der Waals surface area contributed by atoms with E-state index in [0.29, 0.717) is 5.56 Å². The van der Waals surface area contributed by atoms with Crippen molar-refractivity contribution < 1.29 is 26.3 Å². The summed E-state index contributed by atoms with van der Waals surface area (Å²) < 4.78 is 90.3. The summed E-state index contributed by atoms with van der Waals surface area (Å²) in [5.74, 6) is -15.9. The van der Waals surface area contributed by atoms with Gasteiger partial charge < -0.3 is 0 Å². The molecule has 2 aromatic carbocycles. The van der Waals surface area contributed by atoms with Gasteiger partial charge in [-0.15, -0.1) is 11.3 Å². The maximum atomic E-state index is 15.2. The topological polar surface area (TPSA) is 12.9 Å². The Hall–Kier alpha value is -2.87. The summed E-state index contributed by atoms with van der Waals surface area (Å²) in [5, 5.41) is 0.280. The van der Waals surface area contributed by atoms with Crippen molar-refractivity contribution in [1.82, 2.24) is 4.98 Å². The van der Waals surface area contributed by atoms with Gasteiger partial charge in [0.25, 0.3) is 0 Å². The molecular formula is C25H19F6NS. The first-order valence-electron chi connectivity index (χ1n) is 10.1. The Bertz CT molecular complexity index is 1250. The predicted molar refractivity (Wildman–Crippen MR) is 119 cm³/mol. The lowest BCUT2D eigenvalue weighted by Crippen LogP contribution is -2.49. The third kappa shape index (κ3) is 3.42. The lowest BCUT2D eigenvalue weighted by molar-refractivity contribution is -0.258. The molecule has 1 aliphatic carbocycles. The summed E-state index contributed by atoms with van der Waals surface area (Å²) in [7, 11) is 0. The van der Waals surface area contributed by atoms with E-state index in [1.807, 2.05) is 0 Å². The van der Waals surface area contributed by atoms with E-state index < -0.39 is 34.6 Å². The average molecular weight is 479 g/mol. The minimum absolute atomic E-state index is 0.148. The van der Waals surface area contributed by atoms with Gasteiger partial charge in [-0.25, -0.2) is 4.98 Å². The molecule has 0 radical (unpaired) electrons. The summed E-state index contributed by atoms with van der Waals surface area (Å²) in [5.41, 5.74) is -2.74. The van der Waals surface area contributed by atoms with Gasteiger partial charge in [0.05, 0.1) is 11.3 Å². The molecule has 1 aromatic heterocycles. The van der Waals surface area contributed by atoms with E-state index in [2.05, 4.69) is 4.98 Å². The zero-order valence-corrected chi connectivity index (χ0v) is 18.7. The van der Waals surface area contributed by atoms with Gasteiger partial charge >= 0.3 is 17.8 Å². The van der Waals surface area contributed by atoms with Crippen molar-refractivity contribution in [2.75, 3.05) is 0 Å². The lowest BCUT2D eigenvalue weighted by atomic mass is 9.89. The molecule has 0 unspecified atom stereocenters. The highest BCUT2D eigenvalue weighted by Gasteiger charge is 2.81. The van der Waals surface area contributed by atoms with E-state index in [9.17, 15) is 8.78 Å². The lowest BCUT2D eigenvalue weighted by Gasteiger charge is -2.26. The van der Waals surface area contributed by atoms with Crippen LogP contribution in [0.15, 0.2) is 71.8 Å². The van der Waals surface area contributed by atoms with Crippen LogP contribution in [0.1, 0.15) is 30.0 Å². The second kappa shape index (κ2) is 7.87. The second-order valence-electron chi connectivity index (χ2n) is 8.00. The number of alkyl halides is 6. The number of aromatic nitrogens is 1. The highest BCUT2D eigenvalue weighted by atomic mass is 32.1. The Kier molecular flexibility index (Phi) is 5.55. The molecule has 0 fully saturated rings. The Morgan fingerprint density at radius 1 is 0.788 bits per heavy atom. The molecule has 0 amide bonds. The molecule has 1 aliphatic rings. The van der Waals surface area contributed by atoms with Crippen LogP contribution < -0.4 is 0 Å². The van der Waals surface area contributed by atoms with Gasteiger partial charge in [0, 0.05) is 16.0 Å². The molecule has 0 N–H and O–H groups in total. The molecule has 0 atom stereocenters. The number of nitrogens with zero attached hydrogens (tertiary/aromatic N) is 1. The number of rotatable bonds is 4. The van der Waals surface area contributed by atoms with E-state index in [0.717, 1.165) is 11.3 Å².